The molecule has 1 heterocycles. The lowest BCUT2D eigenvalue weighted by atomic mass is 10.1. The van der Waals surface area contributed by atoms with Crippen molar-refractivity contribution in [1.82, 2.24) is 0 Å². The van der Waals surface area contributed by atoms with Crippen molar-refractivity contribution in [3.63, 3.8) is 0 Å². The first-order chi connectivity index (χ1) is 7.72. The Bertz CT molecular complexity index is 339. The van der Waals surface area contributed by atoms with Crippen molar-refractivity contribution in [1.29, 1.82) is 0 Å². The minimum Gasteiger partial charge on any atom is -0.508 e. The molecule has 0 fully saturated rings. The summed E-state index contributed by atoms with van der Waals surface area (Å²) in [6.07, 6.45) is 0.952. The van der Waals surface area contributed by atoms with Crippen LogP contribution in [0.5, 0.6) is 5.75 Å². The number of phenolic OH excluding ortho intramolecular Hbond substituents is 1. The van der Waals surface area contributed by atoms with E-state index >= 15 is 0 Å². The van der Waals surface area contributed by atoms with Gasteiger partial charge in [0, 0.05) is 19.8 Å². The molecule has 1 atom stereocenters. The zero-order chi connectivity index (χ0) is 12.1. The fourth-order valence-corrected chi connectivity index (χ4v) is 2.03. The van der Waals surface area contributed by atoms with Gasteiger partial charge < -0.3 is 14.7 Å². The molecule has 2 rings (SSSR count). The standard InChI is InChI=1S/C11H15NO2.C2H6/c1-12-9(7-14-2)5-8-6-10(13)3-4-11(8)12;1-2/h3-4,6,9,13H,5,7H2,1-2H3;1-2H3. The SMILES string of the molecule is CC.COCC1Cc2cc(O)ccc2N1C. The third kappa shape index (κ3) is 2.47. The topological polar surface area (TPSA) is 32.7 Å². The van der Waals surface area contributed by atoms with Gasteiger partial charge in [-0.3, -0.25) is 0 Å². The third-order valence-electron chi connectivity index (χ3n) is 2.81. The van der Waals surface area contributed by atoms with E-state index in [4.69, 9.17) is 4.74 Å². The number of fused-ring (bicyclic) bond motifs is 1. The highest BCUT2D eigenvalue weighted by Gasteiger charge is 2.26. The highest BCUT2D eigenvalue weighted by molar-refractivity contribution is 5.60. The van der Waals surface area contributed by atoms with Crippen LogP contribution in [0.3, 0.4) is 0 Å². The molecule has 16 heavy (non-hydrogen) atoms. The number of hydrogen-bond donors (Lipinski definition) is 1. The monoisotopic (exact) mass is 223 g/mol. The molecule has 0 saturated heterocycles. The number of anilines is 1. The van der Waals surface area contributed by atoms with Crippen LogP contribution < -0.4 is 4.90 Å². The Morgan fingerprint density at radius 2 is 2.12 bits per heavy atom. The first-order valence-electron chi connectivity index (χ1n) is 5.76. The molecular formula is C13H21NO2. The molecule has 1 aromatic rings. The maximum Gasteiger partial charge on any atom is 0.116 e. The molecule has 0 radical (unpaired) electrons. The first-order valence-corrected chi connectivity index (χ1v) is 5.76. The van der Waals surface area contributed by atoms with Gasteiger partial charge in [0.1, 0.15) is 5.75 Å². The molecule has 1 unspecified atom stereocenters. The molecule has 1 aromatic carbocycles. The second-order valence-corrected chi connectivity index (χ2v) is 3.74. The fraction of sp³-hybridized carbons (Fsp3) is 0.538. The van der Waals surface area contributed by atoms with Gasteiger partial charge >= 0.3 is 0 Å². The molecule has 1 N–H and O–H groups in total. The van der Waals surface area contributed by atoms with Gasteiger partial charge in [-0.2, -0.15) is 0 Å². The molecular weight excluding hydrogens is 202 g/mol. The summed E-state index contributed by atoms with van der Waals surface area (Å²) >= 11 is 0. The van der Waals surface area contributed by atoms with E-state index in [2.05, 4.69) is 11.9 Å². The van der Waals surface area contributed by atoms with Crippen molar-refractivity contribution in [3.8, 4) is 5.75 Å². The Morgan fingerprint density at radius 3 is 2.75 bits per heavy atom. The van der Waals surface area contributed by atoms with E-state index in [9.17, 15) is 5.11 Å². The van der Waals surface area contributed by atoms with Gasteiger partial charge in [0.15, 0.2) is 0 Å². The second-order valence-electron chi connectivity index (χ2n) is 3.74. The molecule has 90 valence electrons. The highest BCUT2D eigenvalue weighted by Crippen LogP contribution is 2.33. The van der Waals surface area contributed by atoms with Crippen LogP contribution in [0.4, 0.5) is 5.69 Å². The van der Waals surface area contributed by atoms with E-state index in [1.54, 1.807) is 13.2 Å². The average molecular weight is 223 g/mol. The number of rotatable bonds is 2. The first kappa shape index (κ1) is 12.8. The molecule has 0 saturated carbocycles. The Morgan fingerprint density at radius 1 is 1.44 bits per heavy atom. The largest absolute Gasteiger partial charge is 0.508 e. The normalized spacial score (nSPS) is 17.8. The predicted octanol–water partition coefficient (Wildman–Crippen LogP) is 2.43. The summed E-state index contributed by atoms with van der Waals surface area (Å²) in [6, 6.07) is 5.92. The maximum atomic E-state index is 9.35. The zero-order valence-corrected chi connectivity index (χ0v) is 10.5. The van der Waals surface area contributed by atoms with Gasteiger partial charge in [0.25, 0.3) is 0 Å². The molecule has 1 aliphatic heterocycles. The predicted molar refractivity (Wildman–Crippen MR) is 67.2 cm³/mol. The number of aromatic hydroxyl groups is 1. The van der Waals surface area contributed by atoms with Crippen LogP contribution in [0.25, 0.3) is 0 Å². The van der Waals surface area contributed by atoms with E-state index < -0.39 is 0 Å². The number of benzene rings is 1. The lowest BCUT2D eigenvalue weighted by Crippen LogP contribution is -2.31. The average Bonchev–Trinajstić information content (AvgIpc) is 2.59. The Hall–Kier alpha value is -1.22. The van der Waals surface area contributed by atoms with Crippen LogP contribution in [0, 0.1) is 0 Å². The summed E-state index contributed by atoms with van der Waals surface area (Å²) in [4.78, 5) is 2.21. The molecule has 0 aromatic heterocycles. The van der Waals surface area contributed by atoms with E-state index in [0.29, 0.717) is 11.8 Å². The molecule has 0 amide bonds. The van der Waals surface area contributed by atoms with Gasteiger partial charge in [-0.05, 0) is 30.2 Å². The Kier molecular flexibility index (Phi) is 4.62. The Balaban J connectivity index is 0.000000606. The smallest absolute Gasteiger partial charge is 0.116 e. The summed E-state index contributed by atoms with van der Waals surface area (Å²) in [5, 5.41) is 9.35. The van der Waals surface area contributed by atoms with E-state index in [1.807, 2.05) is 26.0 Å². The highest BCUT2D eigenvalue weighted by atomic mass is 16.5. The molecule has 0 aliphatic carbocycles. The number of ether oxygens (including phenoxy) is 1. The second kappa shape index (κ2) is 5.75. The van der Waals surface area contributed by atoms with Crippen LogP contribution >= 0.6 is 0 Å². The quantitative estimate of drug-likeness (QED) is 0.835. The van der Waals surface area contributed by atoms with Gasteiger partial charge in [-0.1, -0.05) is 13.8 Å². The number of likely N-dealkylation sites (N-methyl/N-ethyl adjacent to an activating group) is 1. The molecule has 3 nitrogen and oxygen atoms in total. The minimum atomic E-state index is 0.343. The molecule has 1 aliphatic rings. The summed E-state index contributed by atoms with van der Waals surface area (Å²) < 4.78 is 5.15. The summed E-state index contributed by atoms with van der Waals surface area (Å²) in [7, 11) is 3.78. The van der Waals surface area contributed by atoms with Crippen LogP contribution in [0.2, 0.25) is 0 Å². The Labute approximate surface area is 97.7 Å². The maximum absolute atomic E-state index is 9.35. The van der Waals surface area contributed by atoms with Crippen molar-refractivity contribution < 1.29 is 9.84 Å². The molecule has 0 spiro atoms. The van der Waals surface area contributed by atoms with Crippen LogP contribution in [-0.4, -0.2) is 31.9 Å². The number of methoxy groups -OCH3 is 1. The van der Waals surface area contributed by atoms with Crippen LogP contribution in [0.15, 0.2) is 18.2 Å². The van der Waals surface area contributed by atoms with Crippen LogP contribution in [0.1, 0.15) is 19.4 Å². The van der Waals surface area contributed by atoms with E-state index in [0.717, 1.165) is 13.0 Å². The van der Waals surface area contributed by atoms with Gasteiger partial charge in [-0.15, -0.1) is 0 Å². The summed E-state index contributed by atoms with van der Waals surface area (Å²) in [6.45, 7) is 4.73. The molecule has 3 heteroatoms. The molecule has 0 bridgehead atoms. The van der Waals surface area contributed by atoms with Crippen molar-refractivity contribution in [3.05, 3.63) is 23.8 Å². The van der Waals surface area contributed by atoms with Crippen molar-refractivity contribution >= 4 is 5.69 Å². The fourth-order valence-electron chi connectivity index (χ4n) is 2.03. The number of phenols is 1. The minimum absolute atomic E-state index is 0.343. The summed E-state index contributed by atoms with van der Waals surface area (Å²) in [5.41, 5.74) is 2.40. The number of nitrogens with zero attached hydrogens (tertiary/aromatic N) is 1. The van der Waals surface area contributed by atoms with Crippen molar-refractivity contribution in [2.24, 2.45) is 0 Å². The number of hydrogen-bond acceptors (Lipinski definition) is 3. The van der Waals surface area contributed by atoms with E-state index in [1.165, 1.54) is 11.3 Å². The third-order valence-corrected chi connectivity index (χ3v) is 2.81. The van der Waals surface area contributed by atoms with Crippen molar-refractivity contribution in [2.75, 3.05) is 25.7 Å². The lowest BCUT2D eigenvalue weighted by molar-refractivity contribution is 0.180. The van der Waals surface area contributed by atoms with Gasteiger partial charge in [0.2, 0.25) is 0 Å². The summed E-state index contributed by atoms with van der Waals surface area (Å²) in [5.74, 6) is 0.343. The van der Waals surface area contributed by atoms with Gasteiger partial charge in [0.05, 0.1) is 12.6 Å². The van der Waals surface area contributed by atoms with Crippen LogP contribution in [-0.2, 0) is 11.2 Å². The lowest BCUT2D eigenvalue weighted by Gasteiger charge is -2.21. The van der Waals surface area contributed by atoms with E-state index in [-0.39, 0.29) is 0 Å². The van der Waals surface area contributed by atoms with Crippen molar-refractivity contribution in [2.45, 2.75) is 26.3 Å². The zero-order valence-electron chi connectivity index (χ0n) is 10.5. The van der Waals surface area contributed by atoms with Gasteiger partial charge in [-0.25, -0.2) is 0 Å².